The second-order valence-electron chi connectivity index (χ2n) is 11.0. The lowest BCUT2D eigenvalue weighted by atomic mass is 9.54. The first-order valence-electron chi connectivity index (χ1n) is 13.4. The van der Waals surface area contributed by atoms with Gasteiger partial charge >= 0.3 is 0 Å². The second-order valence-corrected chi connectivity index (χ2v) is 12.5. The predicted octanol–water partition coefficient (Wildman–Crippen LogP) is 0.815. The van der Waals surface area contributed by atoms with Gasteiger partial charge in [-0.1, -0.05) is 49.4 Å². The van der Waals surface area contributed by atoms with Gasteiger partial charge in [0.2, 0.25) is 5.78 Å². The quantitative estimate of drug-likeness (QED) is 0.249. The molecule has 0 aromatic heterocycles. The molecule has 2 aromatic rings. The van der Waals surface area contributed by atoms with Crippen LogP contribution in [0.4, 0.5) is 0 Å². The largest absolute Gasteiger partial charge is 0.508 e. The number of phenolic OH excluding ortho intramolecular Hbond substituents is 1. The number of fused-ring (bicyclic) bond motifs is 3. The van der Waals surface area contributed by atoms with E-state index in [0.29, 0.717) is 5.56 Å². The Morgan fingerprint density at radius 1 is 1.07 bits per heavy atom. The maximum absolute atomic E-state index is 14.2. The molecule has 7 atom stereocenters. The molecule has 222 valence electrons. The SMILES string of the molecule is CCN(C)[C@@H]1C(=O)C(C(N)=O)=C(O)[C@@]2(O)C(=O)C3=C(O)c4c(O)cccc4C(CS(=O)Cc4ccccc4)C3C(O)C12. The number of carbonyl (C=O) groups excluding carboxylic acids is 3. The zero-order valence-electron chi connectivity index (χ0n) is 22.9. The van der Waals surface area contributed by atoms with Gasteiger partial charge in [0.1, 0.15) is 22.8 Å². The van der Waals surface area contributed by atoms with Crippen LogP contribution in [-0.2, 0) is 30.9 Å². The lowest BCUT2D eigenvalue weighted by Crippen LogP contribution is -2.71. The van der Waals surface area contributed by atoms with Gasteiger partial charge in [-0.15, -0.1) is 0 Å². The van der Waals surface area contributed by atoms with Crippen molar-refractivity contribution in [2.24, 2.45) is 17.6 Å². The number of carbonyl (C=O) groups is 3. The van der Waals surface area contributed by atoms with Crippen LogP contribution in [0.3, 0.4) is 0 Å². The number of nitrogens with zero attached hydrogens (tertiary/aromatic N) is 1. The first-order chi connectivity index (χ1) is 19.9. The molecule has 0 spiro atoms. The minimum Gasteiger partial charge on any atom is -0.508 e. The molecule has 5 rings (SSSR count). The summed E-state index contributed by atoms with van der Waals surface area (Å²) in [5.74, 6) is -9.90. The van der Waals surface area contributed by atoms with Gasteiger partial charge < -0.3 is 31.3 Å². The number of likely N-dealkylation sites (N-methyl/N-ethyl adjacent to an activating group) is 1. The molecule has 11 nitrogen and oxygen atoms in total. The van der Waals surface area contributed by atoms with Crippen molar-refractivity contribution in [1.82, 2.24) is 4.90 Å². The van der Waals surface area contributed by atoms with Crippen LogP contribution in [0.25, 0.3) is 5.76 Å². The molecule has 2 aromatic carbocycles. The van der Waals surface area contributed by atoms with E-state index in [9.17, 15) is 44.1 Å². The molecule has 5 unspecified atom stereocenters. The van der Waals surface area contributed by atoms with Gasteiger partial charge in [0.25, 0.3) is 5.91 Å². The summed E-state index contributed by atoms with van der Waals surface area (Å²) in [4.78, 5) is 41.5. The standard InChI is InChI=1S/C30H32N2O9S/c1-3-32(2)23-22-25(35)19-16(13-42(41)12-14-8-5-4-6-9-14)15-10-7-11-17(33)18(15)24(34)20(19)27(37)30(22,40)28(38)21(26(23)36)29(31)39/h4-11,16,19,22-23,25,33-35,38,40H,3,12-13H2,1-2H3,(H2,31,39)/t16?,19?,22?,23-,25?,30-,42?/m0/s1. The first-order valence-corrected chi connectivity index (χ1v) is 14.9. The van der Waals surface area contributed by atoms with E-state index in [-0.39, 0.29) is 23.6 Å². The number of rotatable bonds is 7. The van der Waals surface area contributed by atoms with E-state index in [2.05, 4.69) is 0 Å². The number of primary amides is 1. The maximum atomic E-state index is 14.2. The van der Waals surface area contributed by atoms with Gasteiger partial charge in [0.15, 0.2) is 11.4 Å². The molecule has 3 aliphatic carbocycles. The number of aliphatic hydroxyl groups is 4. The van der Waals surface area contributed by atoms with E-state index in [1.54, 1.807) is 37.3 Å². The van der Waals surface area contributed by atoms with E-state index in [1.807, 2.05) is 6.07 Å². The van der Waals surface area contributed by atoms with Gasteiger partial charge in [-0.25, -0.2) is 0 Å². The van der Waals surface area contributed by atoms with Gasteiger partial charge in [-0.3, -0.25) is 23.5 Å². The van der Waals surface area contributed by atoms with Crippen LogP contribution in [0.5, 0.6) is 5.75 Å². The molecule has 0 radical (unpaired) electrons. The van der Waals surface area contributed by atoms with E-state index in [0.717, 1.165) is 5.56 Å². The van der Waals surface area contributed by atoms with Crippen LogP contribution in [0.2, 0.25) is 0 Å². The molecule has 0 bridgehead atoms. The van der Waals surface area contributed by atoms with Gasteiger partial charge in [-0.2, -0.15) is 0 Å². The second kappa shape index (κ2) is 10.8. The number of aromatic hydroxyl groups is 1. The molecule has 1 saturated carbocycles. The van der Waals surface area contributed by atoms with Crippen molar-refractivity contribution in [2.45, 2.75) is 36.3 Å². The monoisotopic (exact) mass is 596 g/mol. The number of hydrogen-bond donors (Lipinski definition) is 6. The van der Waals surface area contributed by atoms with Gasteiger partial charge in [0, 0.05) is 39.7 Å². The summed E-state index contributed by atoms with van der Waals surface area (Å²) in [6, 6.07) is 11.9. The van der Waals surface area contributed by atoms with E-state index in [4.69, 9.17) is 5.73 Å². The smallest absolute Gasteiger partial charge is 0.255 e. The van der Waals surface area contributed by atoms with Crippen LogP contribution in [0.15, 0.2) is 65.4 Å². The highest BCUT2D eigenvalue weighted by molar-refractivity contribution is 7.84. The third-order valence-electron chi connectivity index (χ3n) is 8.75. The molecule has 0 saturated heterocycles. The lowest BCUT2D eigenvalue weighted by molar-refractivity contribution is -0.170. The number of hydrogen-bond acceptors (Lipinski definition) is 10. The normalized spacial score (nSPS) is 29.7. The highest BCUT2D eigenvalue weighted by Crippen LogP contribution is 2.56. The Labute approximate surface area is 244 Å². The molecular formula is C30H32N2O9S. The summed E-state index contributed by atoms with van der Waals surface area (Å²) in [5, 5.41) is 57.1. The fraction of sp³-hybridized carbons (Fsp3) is 0.367. The number of aliphatic hydroxyl groups excluding tert-OH is 3. The fourth-order valence-corrected chi connectivity index (χ4v) is 8.20. The summed E-state index contributed by atoms with van der Waals surface area (Å²) >= 11 is 0. The Hall–Kier alpha value is -3.84. The Morgan fingerprint density at radius 3 is 2.36 bits per heavy atom. The van der Waals surface area contributed by atoms with E-state index < -0.39 is 92.2 Å². The Morgan fingerprint density at radius 2 is 1.74 bits per heavy atom. The van der Waals surface area contributed by atoms with Crippen LogP contribution in [-0.4, -0.2) is 89.2 Å². The molecular weight excluding hydrogens is 564 g/mol. The summed E-state index contributed by atoms with van der Waals surface area (Å²) in [7, 11) is -0.0776. The third kappa shape index (κ3) is 4.28. The zero-order valence-corrected chi connectivity index (χ0v) is 23.7. The van der Waals surface area contributed by atoms with Crippen molar-refractivity contribution in [2.75, 3.05) is 19.3 Å². The Bertz CT molecular complexity index is 1570. The zero-order chi connectivity index (χ0) is 30.7. The molecule has 1 amide bonds. The summed E-state index contributed by atoms with van der Waals surface area (Å²) in [6.07, 6.45) is -1.77. The van der Waals surface area contributed by atoms with Crippen molar-refractivity contribution in [3.63, 3.8) is 0 Å². The van der Waals surface area contributed by atoms with Crippen molar-refractivity contribution in [1.29, 1.82) is 0 Å². The van der Waals surface area contributed by atoms with Gasteiger partial charge in [-0.05, 0) is 30.8 Å². The molecule has 1 fully saturated rings. The third-order valence-corrected chi connectivity index (χ3v) is 10.1. The van der Waals surface area contributed by atoms with Crippen molar-refractivity contribution in [3.05, 3.63) is 82.1 Å². The van der Waals surface area contributed by atoms with Crippen LogP contribution < -0.4 is 5.73 Å². The Balaban J connectivity index is 1.72. The molecule has 0 heterocycles. The first kappa shape index (κ1) is 29.6. The fourth-order valence-electron chi connectivity index (χ4n) is 6.73. The van der Waals surface area contributed by atoms with Crippen molar-refractivity contribution >= 4 is 34.0 Å². The molecule has 3 aliphatic rings. The minimum absolute atomic E-state index is 0.112. The number of nitrogens with two attached hydrogens (primary N) is 1. The number of ketones is 2. The Kier molecular flexibility index (Phi) is 7.60. The average Bonchev–Trinajstić information content (AvgIpc) is 2.94. The molecule has 42 heavy (non-hydrogen) atoms. The summed E-state index contributed by atoms with van der Waals surface area (Å²) < 4.78 is 13.5. The number of phenols is 1. The number of benzene rings is 2. The lowest BCUT2D eigenvalue weighted by Gasteiger charge is -2.54. The highest BCUT2D eigenvalue weighted by Gasteiger charge is 2.68. The van der Waals surface area contributed by atoms with Crippen LogP contribution >= 0.6 is 0 Å². The molecule has 12 heteroatoms. The predicted molar refractivity (Wildman–Crippen MR) is 152 cm³/mol. The van der Waals surface area contributed by atoms with Gasteiger partial charge in [0.05, 0.1) is 23.6 Å². The van der Waals surface area contributed by atoms with E-state index >= 15 is 0 Å². The van der Waals surface area contributed by atoms with E-state index in [1.165, 1.54) is 24.1 Å². The maximum Gasteiger partial charge on any atom is 0.255 e. The minimum atomic E-state index is -3.01. The number of Topliss-reactive ketones (excluding diaryl/α,β-unsaturated/α-hetero) is 2. The number of amides is 1. The summed E-state index contributed by atoms with van der Waals surface area (Å²) in [5.41, 5.74) is 1.85. The highest BCUT2D eigenvalue weighted by atomic mass is 32.2. The van der Waals surface area contributed by atoms with Crippen molar-refractivity contribution in [3.8, 4) is 5.75 Å². The van der Waals surface area contributed by atoms with Crippen LogP contribution in [0, 0.1) is 11.8 Å². The summed E-state index contributed by atoms with van der Waals surface area (Å²) in [6.45, 7) is 1.87. The van der Waals surface area contributed by atoms with Crippen molar-refractivity contribution < 1.29 is 44.1 Å². The average molecular weight is 597 g/mol. The van der Waals surface area contributed by atoms with Crippen LogP contribution in [0.1, 0.15) is 29.5 Å². The molecule has 0 aliphatic heterocycles. The molecule has 7 N–H and O–H groups in total. The topological polar surface area (TPSA) is 199 Å².